The van der Waals surface area contributed by atoms with Crippen LogP contribution in [0.25, 0.3) is 0 Å². The third-order valence-corrected chi connectivity index (χ3v) is 6.95. The number of phenols is 1. The van der Waals surface area contributed by atoms with Gasteiger partial charge in [-0.25, -0.2) is 0 Å². The molecule has 5 N–H and O–H groups in total. The van der Waals surface area contributed by atoms with Crippen LogP contribution in [-0.2, 0) is 32.0 Å². The topological polar surface area (TPSA) is 172 Å². The summed E-state index contributed by atoms with van der Waals surface area (Å²) >= 11 is 0. The van der Waals surface area contributed by atoms with Crippen molar-refractivity contribution in [2.45, 2.75) is 58.0 Å². The second kappa shape index (κ2) is 9.76. The number of hydrogen-bond donors (Lipinski definition) is 4. The molecule has 0 heterocycles. The summed E-state index contributed by atoms with van der Waals surface area (Å²) in [4.78, 5) is 63.4. The summed E-state index contributed by atoms with van der Waals surface area (Å²) in [5.41, 5.74) is 3.48. The highest BCUT2D eigenvalue weighted by Crippen LogP contribution is 2.48. The van der Waals surface area contributed by atoms with Gasteiger partial charge in [0.05, 0.1) is 17.9 Å². The lowest BCUT2D eigenvalue weighted by atomic mass is 9.57. The van der Waals surface area contributed by atoms with Crippen LogP contribution in [0.1, 0.15) is 61.0 Å². The van der Waals surface area contributed by atoms with E-state index in [0.717, 1.165) is 0 Å². The maximum Gasteiger partial charge on any atom is 0.225 e. The lowest BCUT2D eigenvalue weighted by molar-refractivity contribution is -0.167. The van der Waals surface area contributed by atoms with Crippen molar-refractivity contribution in [3.05, 3.63) is 28.8 Å². The van der Waals surface area contributed by atoms with Gasteiger partial charge >= 0.3 is 0 Å². The molecule has 0 saturated heterocycles. The summed E-state index contributed by atoms with van der Waals surface area (Å²) < 4.78 is 0. The van der Waals surface area contributed by atoms with E-state index in [0.29, 0.717) is 17.5 Å². The van der Waals surface area contributed by atoms with Gasteiger partial charge in [-0.3, -0.25) is 24.0 Å². The minimum absolute atomic E-state index is 0.0123. The molecule has 0 aromatic heterocycles. The minimum atomic E-state index is -2.63. The van der Waals surface area contributed by atoms with Crippen LogP contribution in [-0.4, -0.2) is 56.6 Å². The number of hydrogen-bond acceptors (Lipinski definition) is 8. The fraction of sp³-hybridized carbons (Fsp3) is 0.560. The first-order valence-corrected chi connectivity index (χ1v) is 11.5. The smallest absolute Gasteiger partial charge is 0.225 e. The van der Waals surface area contributed by atoms with Gasteiger partial charge in [-0.05, 0) is 48.3 Å². The second-order valence-corrected chi connectivity index (χ2v) is 9.86. The van der Waals surface area contributed by atoms with Gasteiger partial charge in [0, 0.05) is 25.4 Å². The van der Waals surface area contributed by atoms with Crippen LogP contribution in [0.2, 0.25) is 0 Å². The quantitative estimate of drug-likeness (QED) is 0.379. The van der Waals surface area contributed by atoms with Crippen molar-refractivity contribution in [2.24, 2.45) is 29.4 Å². The highest BCUT2D eigenvalue weighted by Gasteiger charge is 2.60. The first kappa shape index (κ1) is 25.7. The fourth-order valence-corrected chi connectivity index (χ4v) is 5.51. The van der Waals surface area contributed by atoms with Gasteiger partial charge in [-0.1, -0.05) is 19.9 Å². The van der Waals surface area contributed by atoms with Gasteiger partial charge in [0.2, 0.25) is 5.91 Å². The predicted molar refractivity (Wildman–Crippen MR) is 120 cm³/mol. The molecule has 0 spiro atoms. The van der Waals surface area contributed by atoms with Gasteiger partial charge < -0.3 is 21.1 Å². The number of primary amides is 1. The molecule has 1 aromatic carbocycles. The highest BCUT2D eigenvalue weighted by molar-refractivity contribution is 6.24. The zero-order valence-corrected chi connectivity index (χ0v) is 19.4. The Bertz CT molecular complexity index is 1050. The summed E-state index contributed by atoms with van der Waals surface area (Å²) in [7, 11) is 0. The normalized spacial score (nSPS) is 26.2. The molecule has 184 valence electrons. The molecule has 1 unspecified atom stereocenters. The van der Waals surface area contributed by atoms with E-state index in [-0.39, 0.29) is 48.7 Å². The zero-order chi connectivity index (χ0) is 25.4. The summed E-state index contributed by atoms with van der Waals surface area (Å²) in [5, 5.41) is 31.2. The first-order valence-electron chi connectivity index (χ1n) is 11.5. The number of ketones is 4. The molecule has 0 aliphatic heterocycles. The van der Waals surface area contributed by atoms with Gasteiger partial charge in [0.1, 0.15) is 11.5 Å². The molecule has 1 fully saturated rings. The minimum Gasteiger partial charge on any atom is -0.507 e. The van der Waals surface area contributed by atoms with E-state index in [1.165, 1.54) is 6.07 Å². The van der Waals surface area contributed by atoms with Crippen molar-refractivity contribution in [1.29, 1.82) is 0 Å². The van der Waals surface area contributed by atoms with Crippen LogP contribution in [0.5, 0.6) is 5.75 Å². The van der Waals surface area contributed by atoms with E-state index in [2.05, 4.69) is 0 Å². The molecule has 1 amide bonds. The molecule has 1 aromatic rings. The van der Waals surface area contributed by atoms with Crippen molar-refractivity contribution >= 4 is 29.0 Å². The lowest BCUT2D eigenvalue weighted by Gasteiger charge is -2.46. The monoisotopic (exact) mass is 473 g/mol. The standard InChI is InChI=1S/C25H31NO8/c1-12(2)7-16(28)9-13-3-4-18(29)22-17(13)10-14-8-15(5-6-27)25(34,19(30)11-20(26)31)24(33)21(14)23(22)32/h3-4,12,14-15,21,27,29,34H,5-11H2,1-2H3,(H2,26,31)/t14-,15-,21?,25-/m1/s1. The maximum atomic E-state index is 13.5. The molecular formula is C25H31NO8. The number of fused-ring (bicyclic) bond motifs is 2. The molecule has 3 rings (SSSR count). The second-order valence-electron chi connectivity index (χ2n) is 9.86. The molecule has 9 heteroatoms. The third kappa shape index (κ3) is 4.54. The van der Waals surface area contributed by atoms with Crippen molar-refractivity contribution in [3.63, 3.8) is 0 Å². The van der Waals surface area contributed by atoms with E-state index in [1.54, 1.807) is 6.07 Å². The number of nitrogens with two attached hydrogens (primary N) is 1. The average Bonchev–Trinajstić information content (AvgIpc) is 2.72. The van der Waals surface area contributed by atoms with E-state index >= 15 is 0 Å². The Morgan fingerprint density at radius 1 is 1.21 bits per heavy atom. The van der Waals surface area contributed by atoms with E-state index in [1.807, 2.05) is 13.8 Å². The summed E-state index contributed by atoms with van der Waals surface area (Å²) in [5.74, 6) is -7.05. The molecule has 1 saturated carbocycles. The number of aromatic hydroxyl groups is 1. The van der Waals surface area contributed by atoms with Crippen molar-refractivity contribution in [3.8, 4) is 5.75 Å². The molecule has 0 bridgehead atoms. The Morgan fingerprint density at radius 2 is 1.88 bits per heavy atom. The SMILES string of the molecule is CC(C)CC(=O)Cc1ccc(O)c2c1C[C@H]1C[C@@H](CCO)[C@@](O)(C(=O)CC(N)=O)C(=O)C1C2=O. The Kier molecular flexibility index (Phi) is 7.38. The first-order chi connectivity index (χ1) is 15.9. The van der Waals surface area contributed by atoms with Crippen LogP contribution in [0.3, 0.4) is 0 Å². The largest absolute Gasteiger partial charge is 0.507 e. The maximum absolute atomic E-state index is 13.5. The highest BCUT2D eigenvalue weighted by atomic mass is 16.3. The van der Waals surface area contributed by atoms with Gasteiger partial charge in [0.25, 0.3) is 0 Å². The average molecular weight is 474 g/mol. The van der Waals surface area contributed by atoms with Crippen molar-refractivity contribution in [2.75, 3.05) is 6.61 Å². The molecule has 4 atom stereocenters. The molecule has 34 heavy (non-hydrogen) atoms. The van der Waals surface area contributed by atoms with Gasteiger partial charge in [-0.15, -0.1) is 0 Å². The number of phenolic OH excluding ortho intramolecular Hbond substituents is 1. The van der Waals surface area contributed by atoms with E-state index in [9.17, 15) is 39.3 Å². The molecule has 2 aliphatic rings. The van der Waals surface area contributed by atoms with Crippen LogP contribution >= 0.6 is 0 Å². The molecule has 0 radical (unpaired) electrons. The van der Waals surface area contributed by atoms with Crippen molar-refractivity contribution < 1.29 is 39.3 Å². The number of carbonyl (C=O) groups excluding carboxylic acids is 5. The van der Waals surface area contributed by atoms with Crippen molar-refractivity contribution in [1.82, 2.24) is 0 Å². The van der Waals surface area contributed by atoms with Gasteiger partial charge in [-0.2, -0.15) is 0 Å². The van der Waals surface area contributed by atoms with E-state index in [4.69, 9.17) is 5.73 Å². The number of amides is 1. The summed E-state index contributed by atoms with van der Waals surface area (Å²) in [6.45, 7) is 3.43. The van der Waals surface area contributed by atoms with Crippen LogP contribution in [0.4, 0.5) is 0 Å². The number of Topliss-reactive ketones (excluding diaryl/α,β-unsaturated/α-hetero) is 4. The molecule has 2 aliphatic carbocycles. The third-order valence-electron chi connectivity index (χ3n) is 6.95. The number of benzene rings is 1. The van der Waals surface area contributed by atoms with Gasteiger partial charge in [0.15, 0.2) is 23.0 Å². The molecule has 9 nitrogen and oxygen atoms in total. The number of aliphatic hydroxyl groups is 2. The predicted octanol–water partition coefficient (Wildman–Crippen LogP) is 0.668. The lowest BCUT2D eigenvalue weighted by Crippen LogP contribution is -2.63. The molecular weight excluding hydrogens is 442 g/mol. The Morgan fingerprint density at radius 3 is 2.47 bits per heavy atom. The number of rotatable bonds is 9. The summed E-state index contributed by atoms with van der Waals surface area (Å²) in [6.07, 6.45) is -0.255. The zero-order valence-electron chi connectivity index (χ0n) is 19.4. The Labute approximate surface area is 197 Å². The fourth-order valence-electron chi connectivity index (χ4n) is 5.51. The van der Waals surface area contributed by atoms with Crippen LogP contribution in [0, 0.1) is 23.7 Å². The van der Waals surface area contributed by atoms with E-state index < -0.39 is 59.6 Å². The summed E-state index contributed by atoms with van der Waals surface area (Å²) in [6, 6.07) is 2.91. The van der Waals surface area contributed by atoms with Crippen LogP contribution in [0.15, 0.2) is 12.1 Å². The number of carbonyl (C=O) groups is 5. The Balaban J connectivity index is 2.04. The van der Waals surface area contributed by atoms with Crippen LogP contribution < -0.4 is 5.73 Å². The number of aliphatic hydroxyl groups excluding tert-OH is 1. The Hall–Kier alpha value is -2.91.